The van der Waals surface area contributed by atoms with Crippen molar-refractivity contribution in [2.45, 2.75) is 13.8 Å². The molecule has 0 saturated carbocycles. The van der Waals surface area contributed by atoms with Gasteiger partial charge in [-0.15, -0.1) is 11.3 Å². The summed E-state index contributed by atoms with van der Waals surface area (Å²) in [7, 11) is 0. The molecule has 0 unspecified atom stereocenters. The van der Waals surface area contributed by atoms with Crippen LogP contribution < -0.4 is 5.73 Å². The highest BCUT2D eigenvalue weighted by Gasteiger charge is 2.16. The van der Waals surface area contributed by atoms with Crippen LogP contribution in [0.5, 0.6) is 0 Å². The Bertz CT molecular complexity index is 821. The standard InChI is InChI=1S/C15H12N2OS/c1-8-3-4-11-10(5-8)6-12(18-11)15-9(2)14(17)13(7-16)19-15/h3-6H,17H2,1-2H3. The van der Waals surface area contributed by atoms with Crippen molar-refractivity contribution < 1.29 is 4.42 Å². The van der Waals surface area contributed by atoms with E-state index < -0.39 is 0 Å². The number of hydrogen-bond donors (Lipinski definition) is 1. The average molecular weight is 268 g/mol. The molecule has 3 aromatic rings. The molecule has 0 aliphatic carbocycles. The smallest absolute Gasteiger partial charge is 0.145 e. The maximum Gasteiger partial charge on any atom is 0.145 e. The first-order chi connectivity index (χ1) is 9.10. The first-order valence-electron chi connectivity index (χ1n) is 5.89. The summed E-state index contributed by atoms with van der Waals surface area (Å²) in [5.74, 6) is 0.774. The van der Waals surface area contributed by atoms with Crippen LogP contribution in [0.4, 0.5) is 5.69 Å². The zero-order valence-electron chi connectivity index (χ0n) is 10.7. The number of nitriles is 1. The third-order valence-electron chi connectivity index (χ3n) is 3.19. The lowest BCUT2D eigenvalue weighted by Gasteiger charge is -1.94. The lowest BCUT2D eigenvalue weighted by atomic mass is 10.1. The third kappa shape index (κ3) is 1.79. The van der Waals surface area contributed by atoms with Crippen LogP contribution in [-0.4, -0.2) is 0 Å². The van der Waals surface area contributed by atoms with Crippen LogP contribution in [0.3, 0.4) is 0 Å². The van der Waals surface area contributed by atoms with Gasteiger partial charge in [0, 0.05) is 5.39 Å². The number of thiophene rings is 1. The molecular weight excluding hydrogens is 256 g/mol. The number of rotatable bonds is 1. The molecular formula is C15H12N2OS. The number of nitrogens with two attached hydrogens (primary N) is 1. The number of hydrogen-bond acceptors (Lipinski definition) is 4. The van der Waals surface area contributed by atoms with Crippen molar-refractivity contribution in [3.8, 4) is 16.7 Å². The molecule has 0 aliphatic heterocycles. The second kappa shape index (κ2) is 4.15. The fraction of sp³-hybridized carbons (Fsp3) is 0.133. The Morgan fingerprint density at radius 3 is 2.74 bits per heavy atom. The van der Waals surface area contributed by atoms with Crippen LogP contribution >= 0.6 is 11.3 Å². The summed E-state index contributed by atoms with van der Waals surface area (Å²) in [5.41, 5.74) is 9.43. The molecule has 0 amide bonds. The van der Waals surface area contributed by atoms with Gasteiger partial charge in [0.15, 0.2) is 0 Å². The molecule has 0 aliphatic rings. The molecule has 19 heavy (non-hydrogen) atoms. The Labute approximate surface area is 114 Å². The van der Waals surface area contributed by atoms with Gasteiger partial charge in [-0.05, 0) is 37.6 Å². The third-order valence-corrected chi connectivity index (χ3v) is 4.42. The van der Waals surface area contributed by atoms with E-state index >= 15 is 0 Å². The second-order valence-corrected chi connectivity index (χ2v) is 5.58. The topological polar surface area (TPSA) is 63.0 Å². The minimum atomic E-state index is 0.545. The molecule has 2 aromatic heterocycles. The Kier molecular flexibility index (Phi) is 2.58. The molecule has 0 atom stereocenters. The number of anilines is 1. The molecule has 0 saturated heterocycles. The van der Waals surface area contributed by atoms with Crippen LogP contribution in [0.1, 0.15) is 16.0 Å². The van der Waals surface area contributed by atoms with Crippen molar-refractivity contribution in [3.63, 3.8) is 0 Å². The molecule has 0 radical (unpaired) electrons. The first-order valence-corrected chi connectivity index (χ1v) is 6.71. The quantitative estimate of drug-likeness (QED) is 0.718. The number of furan rings is 1. The second-order valence-electron chi connectivity index (χ2n) is 4.56. The largest absolute Gasteiger partial charge is 0.455 e. The molecule has 0 spiro atoms. The first kappa shape index (κ1) is 11.8. The van der Waals surface area contributed by atoms with Gasteiger partial charge in [0.1, 0.15) is 22.3 Å². The number of benzene rings is 1. The molecule has 4 heteroatoms. The van der Waals surface area contributed by atoms with Crippen molar-refractivity contribution in [1.29, 1.82) is 5.26 Å². The van der Waals surface area contributed by atoms with E-state index in [0.29, 0.717) is 10.6 Å². The van der Waals surface area contributed by atoms with Gasteiger partial charge in [-0.2, -0.15) is 5.26 Å². The number of aryl methyl sites for hydroxylation is 1. The lowest BCUT2D eigenvalue weighted by molar-refractivity contribution is 0.633. The van der Waals surface area contributed by atoms with Crippen LogP contribution in [0.2, 0.25) is 0 Å². The molecule has 3 rings (SSSR count). The normalized spacial score (nSPS) is 10.8. The maximum absolute atomic E-state index is 9.03. The van der Waals surface area contributed by atoms with E-state index in [2.05, 4.69) is 12.1 Å². The van der Waals surface area contributed by atoms with Crippen molar-refractivity contribution in [1.82, 2.24) is 0 Å². The van der Waals surface area contributed by atoms with E-state index in [1.807, 2.05) is 32.0 Å². The van der Waals surface area contributed by atoms with Gasteiger partial charge in [-0.1, -0.05) is 11.6 Å². The van der Waals surface area contributed by atoms with E-state index in [1.54, 1.807) is 0 Å². The Morgan fingerprint density at radius 1 is 1.26 bits per heavy atom. The van der Waals surface area contributed by atoms with Gasteiger partial charge in [0.05, 0.1) is 10.6 Å². The summed E-state index contributed by atoms with van der Waals surface area (Å²) in [5, 5.41) is 10.1. The SMILES string of the molecule is Cc1ccc2oc(-c3sc(C#N)c(N)c3C)cc2c1. The molecule has 2 N–H and O–H groups in total. The van der Waals surface area contributed by atoms with E-state index in [9.17, 15) is 0 Å². The summed E-state index contributed by atoms with van der Waals surface area (Å²) >= 11 is 1.38. The molecule has 94 valence electrons. The Balaban J connectivity index is 2.22. The fourth-order valence-corrected chi connectivity index (χ4v) is 3.10. The van der Waals surface area contributed by atoms with Gasteiger partial charge in [0.25, 0.3) is 0 Å². The van der Waals surface area contributed by atoms with Gasteiger partial charge in [-0.3, -0.25) is 0 Å². The maximum atomic E-state index is 9.03. The summed E-state index contributed by atoms with van der Waals surface area (Å²) in [4.78, 5) is 1.48. The Morgan fingerprint density at radius 2 is 2.05 bits per heavy atom. The lowest BCUT2D eigenvalue weighted by Crippen LogP contribution is -1.86. The summed E-state index contributed by atoms with van der Waals surface area (Å²) < 4.78 is 5.85. The van der Waals surface area contributed by atoms with E-state index in [0.717, 1.165) is 27.2 Å². The highest BCUT2D eigenvalue weighted by molar-refractivity contribution is 7.16. The molecule has 0 bridgehead atoms. The highest BCUT2D eigenvalue weighted by Crippen LogP contribution is 2.39. The van der Waals surface area contributed by atoms with Crippen LogP contribution in [0, 0.1) is 25.2 Å². The van der Waals surface area contributed by atoms with Gasteiger partial charge in [-0.25, -0.2) is 0 Å². The summed E-state index contributed by atoms with van der Waals surface area (Å²) in [6.45, 7) is 3.97. The Hall–Kier alpha value is -2.25. The number of fused-ring (bicyclic) bond motifs is 1. The zero-order valence-corrected chi connectivity index (χ0v) is 11.5. The van der Waals surface area contributed by atoms with Crippen LogP contribution in [0.15, 0.2) is 28.7 Å². The molecule has 3 nitrogen and oxygen atoms in total. The van der Waals surface area contributed by atoms with Gasteiger partial charge in [0.2, 0.25) is 0 Å². The van der Waals surface area contributed by atoms with Gasteiger partial charge < -0.3 is 10.2 Å². The molecule has 0 fully saturated rings. The average Bonchev–Trinajstić information content (AvgIpc) is 2.92. The van der Waals surface area contributed by atoms with Crippen molar-refractivity contribution >= 4 is 28.0 Å². The van der Waals surface area contributed by atoms with Gasteiger partial charge >= 0.3 is 0 Å². The number of nitrogen functional groups attached to an aromatic ring is 1. The monoisotopic (exact) mass is 268 g/mol. The minimum absolute atomic E-state index is 0.545. The van der Waals surface area contributed by atoms with Crippen molar-refractivity contribution in [2.75, 3.05) is 5.73 Å². The molecule has 1 aromatic carbocycles. The number of nitrogens with zero attached hydrogens (tertiary/aromatic N) is 1. The van der Waals surface area contributed by atoms with Crippen molar-refractivity contribution in [3.05, 3.63) is 40.3 Å². The predicted molar refractivity (Wildman–Crippen MR) is 78.1 cm³/mol. The van der Waals surface area contributed by atoms with E-state index in [4.69, 9.17) is 15.4 Å². The van der Waals surface area contributed by atoms with Crippen molar-refractivity contribution in [2.24, 2.45) is 0 Å². The highest BCUT2D eigenvalue weighted by atomic mass is 32.1. The van der Waals surface area contributed by atoms with E-state index in [-0.39, 0.29) is 0 Å². The van der Waals surface area contributed by atoms with Crippen LogP contribution in [0.25, 0.3) is 21.6 Å². The summed E-state index contributed by atoms with van der Waals surface area (Å²) in [6, 6.07) is 10.2. The fourth-order valence-electron chi connectivity index (χ4n) is 2.12. The zero-order chi connectivity index (χ0) is 13.6. The van der Waals surface area contributed by atoms with E-state index in [1.165, 1.54) is 16.9 Å². The summed E-state index contributed by atoms with van der Waals surface area (Å²) in [6.07, 6.45) is 0. The van der Waals surface area contributed by atoms with Crippen LogP contribution in [-0.2, 0) is 0 Å². The predicted octanol–water partition coefficient (Wildman–Crippen LogP) is 4.23. The minimum Gasteiger partial charge on any atom is -0.455 e. The molecule has 2 heterocycles.